The van der Waals surface area contributed by atoms with Gasteiger partial charge in [0.1, 0.15) is 0 Å². The van der Waals surface area contributed by atoms with Gasteiger partial charge in [0, 0.05) is 31.6 Å². The number of carbonyl (C=O) groups excluding carboxylic acids is 1. The number of para-hydroxylation sites is 1. The van der Waals surface area contributed by atoms with Crippen LogP contribution in [0.3, 0.4) is 0 Å². The number of carbonyl (C=O) groups is 1. The fourth-order valence-electron chi connectivity index (χ4n) is 2.98. The monoisotopic (exact) mass is 383 g/mol. The van der Waals surface area contributed by atoms with E-state index in [0.29, 0.717) is 16.8 Å². The van der Waals surface area contributed by atoms with Gasteiger partial charge in [0.25, 0.3) is 0 Å². The van der Waals surface area contributed by atoms with Crippen molar-refractivity contribution in [3.05, 3.63) is 66.4 Å². The number of nitrogens with zero attached hydrogens (tertiary/aromatic N) is 2. The molecule has 3 rings (SSSR count). The summed E-state index contributed by atoms with van der Waals surface area (Å²) in [5, 5.41) is 0.918. The van der Waals surface area contributed by atoms with Gasteiger partial charge in [-0.25, -0.2) is 13.1 Å². The average molecular weight is 383 g/mol. The molecule has 0 saturated heterocycles. The van der Waals surface area contributed by atoms with Gasteiger partial charge >= 0.3 is 0 Å². The summed E-state index contributed by atoms with van der Waals surface area (Å²) in [6.45, 7) is 3.51. The predicted octanol–water partition coefficient (Wildman–Crippen LogP) is 2.87. The van der Waals surface area contributed by atoms with Gasteiger partial charge in [-0.15, -0.1) is 0 Å². The number of fused-ring (bicyclic) bond motifs is 1. The van der Waals surface area contributed by atoms with Crippen molar-refractivity contribution in [2.24, 2.45) is 0 Å². The Labute approximate surface area is 158 Å². The first kappa shape index (κ1) is 19.0. The number of amides is 1. The van der Waals surface area contributed by atoms with Crippen LogP contribution in [-0.2, 0) is 14.8 Å². The minimum Gasteiger partial charge on any atom is -0.309 e. The number of sulfonamides is 1. The molecular weight excluding hydrogens is 362 g/mol. The molecule has 0 fully saturated rings. The number of rotatable bonds is 6. The zero-order chi connectivity index (χ0) is 19.4. The lowest BCUT2D eigenvalue weighted by Gasteiger charge is -2.22. The molecule has 0 aliphatic rings. The number of nitrogens with one attached hydrogen (secondary N) is 1. The molecule has 0 saturated carbocycles. The van der Waals surface area contributed by atoms with Crippen molar-refractivity contribution >= 4 is 32.5 Å². The lowest BCUT2D eigenvalue weighted by atomic mass is 10.1. The van der Waals surface area contributed by atoms with E-state index in [1.807, 2.05) is 30.3 Å². The molecule has 2 aromatic carbocycles. The first-order chi connectivity index (χ1) is 12.9. The van der Waals surface area contributed by atoms with Crippen LogP contribution in [0.4, 0.5) is 5.69 Å². The van der Waals surface area contributed by atoms with E-state index in [-0.39, 0.29) is 23.9 Å². The van der Waals surface area contributed by atoms with Gasteiger partial charge < -0.3 is 4.90 Å². The van der Waals surface area contributed by atoms with Gasteiger partial charge in [-0.1, -0.05) is 36.4 Å². The first-order valence-electron chi connectivity index (χ1n) is 8.57. The molecule has 140 valence electrons. The highest BCUT2D eigenvalue weighted by molar-refractivity contribution is 7.89. The summed E-state index contributed by atoms with van der Waals surface area (Å²) in [4.78, 5) is 18.3. The topological polar surface area (TPSA) is 79.4 Å². The highest BCUT2D eigenvalue weighted by Gasteiger charge is 2.19. The second-order valence-electron chi connectivity index (χ2n) is 6.19. The molecule has 1 aromatic heterocycles. The van der Waals surface area contributed by atoms with Crippen molar-refractivity contribution in [3.63, 3.8) is 0 Å². The quantitative estimate of drug-likeness (QED) is 0.710. The lowest BCUT2D eigenvalue weighted by molar-refractivity contribution is -0.116. The number of aryl methyl sites for hydroxylation is 1. The Hall–Kier alpha value is -2.77. The van der Waals surface area contributed by atoms with E-state index in [4.69, 9.17) is 0 Å². The van der Waals surface area contributed by atoms with Gasteiger partial charge in [0.2, 0.25) is 15.9 Å². The van der Waals surface area contributed by atoms with E-state index in [1.165, 1.54) is 11.8 Å². The van der Waals surface area contributed by atoms with E-state index < -0.39 is 10.0 Å². The van der Waals surface area contributed by atoms with E-state index in [1.54, 1.807) is 37.4 Å². The number of aromatic nitrogens is 1. The Kier molecular flexibility index (Phi) is 5.53. The molecule has 27 heavy (non-hydrogen) atoms. The average Bonchev–Trinajstić information content (AvgIpc) is 2.65. The van der Waals surface area contributed by atoms with Crippen LogP contribution in [0.1, 0.15) is 12.5 Å². The molecule has 3 aromatic rings. The summed E-state index contributed by atoms with van der Waals surface area (Å²) in [5.41, 5.74) is 2.04. The SMILES string of the molecule is CC(=O)N(CCNS(=O)(=O)c1ccccc1C)c1cccc2cccnc12. The van der Waals surface area contributed by atoms with E-state index in [0.717, 1.165) is 5.39 Å². The van der Waals surface area contributed by atoms with Crippen LogP contribution in [0.2, 0.25) is 0 Å². The summed E-state index contributed by atoms with van der Waals surface area (Å²) < 4.78 is 27.6. The van der Waals surface area contributed by atoms with Crippen molar-refractivity contribution in [2.75, 3.05) is 18.0 Å². The predicted molar refractivity (Wildman–Crippen MR) is 106 cm³/mol. The maximum absolute atomic E-state index is 12.5. The Morgan fingerprint density at radius 1 is 1.07 bits per heavy atom. The molecule has 1 amide bonds. The molecular formula is C20H21N3O3S. The summed E-state index contributed by atoms with van der Waals surface area (Å²) in [6.07, 6.45) is 1.67. The summed E-state index contributed by atoms with van der Waals surface area (Å²) in [5.74, 6) is -0.178. The summed E-state index contributed by atoms with van der Waals surface area (Å²) >= 11 is 0. The third-order valence-corrected chi connectivity index (χ3v) is 5.91. The number of hydrogen-bond acceptors (Lipinski definition) is 4. The Bertz CT molecular complexity index is 1080. The van der Waals surface area contributed by atoms with Gasteiger partial charge in [-0.3, -0.25) is 9.78 Å². The van der Waals surface area contributed by atoms with Crippen molar-refractivity contribution in [3.8, 4) is 0 Å². The van der Waals surface area contributed by atoms with Gasteiger partial charge in [-0.05, 0) is 30.7 Å². The Morgan fingerprint density at radius 2 is 1.81 bits per heavy atom. The lowest BCUT2D eigenvalue weighted by Crippen LogP contribution is -2.37. The van der Waals surface area contributed by atoms with Gasteiger partial charge in [0.05, 0.1) is 16.1 Å². The zero-order valence-electron chi connectivity index (χ0n) is 15.2. The second-order valence-corrected chi connectivity index (χ2v) is 7.92. The van der Waals surface area contributed by atoms with E-state index in [2.05, 4.69) is 9.71 Å². The third kappa shape index (κ3) is 4.15. The molecule has 0 aliphatic heterocycles. The summed E-state index contributed by atoms with van der Waals surface area (Å²) in [6, 6.07) is 16.1. The maximum atomic E-state index is 12.5. The van der Waals surface area contributed by atoms with Crippen LogP contribution in [0.5, 0.6) is 0 Å². The van der Waals surface area contributed by atoms with Gasteiger partial charge in [0.15, 0.2) is 0 Å². The van der Waals surface area contributed by atoms with Crippen molar-refractivity contribution in [1.29, 1.82) is 0 Å². The Morgan fingerprint density at radius 3 is 2.56 bits per heavy atom. The normalized spacial score (nSPS) is 11.5. The van der Waals surface area contributed by atoms with Crippen LogP contribution in [-0.4, -0.2) is 32.4 Å². The molecule has 1 heterocycles. The van der Waals surface area contributed by atoms with Gasteiger partial charge in [-0.2, -0.15) is 0 Å². The molecule has 0 radical (unpaired) electrons. The number of anilines is 1. The standard InChI is InChI=1S/C20H21N3O3S/c1-15-7-3-4-11-19(15)27(25,26)22-13-14-23(16(2)24)18-10-5-8-17-9-6-12-21-20(17)18/h3-12,22H,13-14H2,1-2H3. The maximum Gasteiger partial charge on any atom is 0.240 e. The molecule has 0 atom stereocenters. The largest absolute Gasteiger partial charge is 0.309 e. The number of benzene rings is 2. The molecule has 1 N–H and O–H groups in total. The molecule has 0 spiro atoms. The van der Waals surface area contributed by atoms with Crippen LogP contribution in [0, 0.1) is 6.92 Å². The van der Waals surface area contributed by atoms with Crippen molar-refractivity contribution in [1.82, 2.24) is 9.71 Å². The molecule has 7 heteroatoms. The minimum atomic E-state index is -3.64. The molecule has 0 bridgehead atoms. The highest BCUT2D eigenvalue weighted by Crippen LogP contribution is 2.24. The van der Waals surface area contributed by atoms with E-state index >= 15 is 0 Å². The van der Waals surface area contributed by atoms with Crippen LogP contribution < -0.4 is 9.62 Å². The fourth-order valence-corrected chi connectivity index (χ4v) is 4.25. The zero-order valence-corrected chi connectivity index (χ0v) is 16.0. The van der Waals surface area contributed by atoms with E-state index in [9.17, 15) is 13.2 Å². The van der Waals surface area contributed by atoms with Crippen LogP contribution in [0.25, 0.3) is 10.9 Å². The van der Waals surface area contributed by atoms with Crippen LogP contribution in [0.15, 0.2) is 65.7 Å². The summed E-state index contributed by atoms with van der Waals surface area (Å²) in [7, 11) is -3.64. The molecule has 0 aliphatic carbocycles. The third-order valence-electron chi connectivity index (χ3n) is 4.29. The van der Waals surface area contributed by atoms with Crippen LogP contribution >= 0.6 is 0 Å². The Balaban J connectivity index is 1.80. The van der Waals surface area contributed by atoms with Crippen molar-refractivity contribution < 1.29 is 13.2 Å². The number of hydrogen-bond donors (Lipinski definition) is 1. The fraction of sp³-hybridized carbons (Fsp3) is 0.200. The second kappa shape index (κ2) is 7.85. The highest BCUT2D eigenvalue weighted by atomic mass is 32.2. The molecule has 0 unspecified atom stereocenters. The minimum absolute atomic E-state index is 0.0967. The smallest absolute Gasteiger partial charge is 0.240 e. The molecule has 6 nitrogen and oxygen atoms in total. The number of pyridine rings is 1. The first-order valence-corrected chi connectivity index (χ1v) is 10.1. The van der Waals surface area contributed by atoms with Crippen molar-refractivity contribution in [2.45, 2.75) is 18.7 Å².